The molecule has 170 valence electrons. The molecular formula is C26H32ClN3O2. The molecule has 6 heteroatoms. The molecule has 2 aromatic carbocycles. The predicted molar refractivity (Wildman–Crippen MR) is 133 cm³/mol. The highest BCUT2D eigenvalue weighted by Crippen LogP contribution is 2.22. The van der Waals surface area contributed by atoms with Gasteiger partial charge in [0.05, 0.1) is 17.8 Å². The minimum absolute atomic E-state index is 0.272. The average molecular weight is 454 g/mol. The van der Waals surface area contributed by atoms with Crippen LogP contribution in [0.2, 0.25) is 5.02 Å². The average Bonchev–Trinajstić information content (AvgIpc) is 3.14. The summed E-state index contributed by atoms with van der Waals surface area (Å²) < 4.78 is 7.66. The first-order valence-corrected chi connectivity index (χ1v) is 11.8. The summed E-state index contributed by atoms with van der Waals surface area (Å²) in [5, 5.41) is 5.62. The van der Waals surface area contributed by atoms with Crippen molar-refractivity contribution in [2.75, 3.05) is 6.61 Å². The monoisotopic (exact) mass is 453 g/mol. The number of hydrazone groups is 1. The molecule has 0 spiro atoms. The molecule has 3 aromatic rings. The number of hydrogen-bond acceptors (Lipinski definition) is 3. The van der Waals surface area contributed by atoms with Gasteiger partial charge in [0, 0.05) is 23.5 Å². The summed E-state index contributed by atoms with van der Waals surface area (Å²) in [6.07, 6.45) is 10.3. The van der Waals surface area contributed by atoms with Crippen LogP contribution in [0, 0.1) is 0 Å². The van der Waals surface area contributed by atoms with Crippen LogP contribution in [0.5, 0.6) is 5.75 Å². The van der Waals surface area contributed by atoms with E-state index in [9.17, 15) is 4.79 Å². The lowest BCUT2D eigenvalue weighted by atomic mass is 10.1. The predicted octanol–water partition coefficient (Wildman–Crippen LogP) is 6.73. The van der Waals surface area contributed by atoms with E-state index in [0.29, 0.717) is 22.9 Å². The zero-order valence-corrected chi connectivity index (χ0v) is 19.7. The second-order valence-electron chi connectivity index (χ2n) is 8.00. The highest BCUT2D eigenvalue weighted by molar-refractivity contribution is 6.33. The summed E-state index contributed by atoms with van der Waals surface area (Å²) in [6.45, 7) is 2.93. The fourth-order valence-electron chi connectivity index (χ4n) is 3.68. The minimum Gasteiger partial charge on any atom is -0.494 e. The summed E-state index contributed by atoms with van der Waals surface area (Å²) in [6, 6.07) is 15.2. The molecule has 3 rings (SSSR count). The maximum Gasteiger partial charge on any atom is 0.287 e. The zero-order valence-electron chi connectivity index (χ0n) is 18.9. The van der Waals surface area contributed by atoms with Crippen LogP contribution in [-0.4, -0.2) is 23.3 Å². The Morgan fingerprint density at radius 3 is 2.56 bits per heavy atom. The van der Waals surface area contributed by atoms with Crippen molar-refractivity contribution in [2.24, 2.45) is 12.1 Å². The van der Waals surface area contributed by atoms with E-state index in [4.69, 9.17) is 16.3 Å². The molecule has 32 heavy (non-hydrogen) atoms. The molecule has 5 nitrogen and oxygen atoms in total. The van der Waals surface area contributed by atoms with Gasteiger partial charge in [-0.2, -0.15) is 5.10 Å². The van der Waals surface area contributed by atoms with Gasteiger partial charge in [-0.3, -0.25) is 4.79 Å². The fourth-order valence-corrected chi connectivity index (χ4v) is 3.90. The Kier molecular flexibility index (Phi) is 9.17. The number of fused-ring (bicyclic) bond motifs is 1. The maximum atomic E-state index is 12.5. The molecule has 1 amide bonds. The first-order valence-electron chi connectivity index (χ1n) is 11.4. The number of rotatable bonds is 12. The second-order valence-corrected chi connectivity index (χ2v) is 8.41. The lowest BCUT2D eigenvalue weighted by Gasteiger charge is -2.08. The lowest BCUT2D eigenvalue weighted by Crippen LogP contribution is -2.20. The molecule has 0 atom stereocenters. The molecule has 0 saturated heterocycles. The van der Waals surface area contributed by atoms with Crippen molar-refractivity contribution in [3.63, 3.8) is 0 Å². The molecule has 0 aliphatic carbocycles. The number of unbranched alkanes of at least 4 members (excludes halogenated alkanes) is 6. The largest absolute Gasteiger partial charge is 0.494 e. The third-order valence-corrected chi connectivity index (χ3v) is 5.87. The standard InChI is InChI=1S/C26H32ClN3O2/c1-3-4-5-6-7-8-11-16-32-22-15-14-21(23(27)18-22)19-28-29-26(31)25-17-20-12-9-10-13-24(20)30(25)2/h9-10,12-15,17-19H,3-8,11,16H2,1-2H3,(H,29,31)/b28-19+. The van der Waals surface area contributed by atoms with Gasteiger partial charge < -0.3 is 9.30 Å². The van der Waals surface area contributed by atoms with Gasteiger partial charge in [0.15, 0.2) is 0 Å². The number of aryl methyl sites for hydroxylation is 1. The Morgan fingerprint density at radius 2 is 1.81 bits per heavy atom. The molecule has 0 bridgehead atoms. The number of hydrogen-bond donors (Lipinski definition) is 1. The Bertz CT molecular complexity index is 1060. The summed E-state index contributed by atoms with van der Waals surface area (Å²) in [7, 11) is 1.86. The van der Waals surface area contributed by atoms with Gasteiger partial charge in [0.1, 0.15) is 11.4 Å². The van der Waals surface area contributed by atoms with Crippen molar-refractivity contribution in [2.45, 2.75) is 51.9 Å². The van der Waals surface area contributed by atoms with Crippen LogP contribution >= 0.6 is 11.6 Å². The Labute approximate surface area is 195 Å². The highest BCUT2D eigenvalue weighted by atomic mass is 35.5. The van der Waals surface area contributed by atoms with Crippen molar-refractivity contribution in [3.05, 3.63) is 64.8 Å². The number of aromatic nitrogens is 1. The fraction of sp³-hybridized carbons (Fsp3) is 0.385. The summed E-state index contributed by atoms with van der Waals surface area (Å²) >= 11 is 6.36. The number of nitrogens with one attached hydrogen (secondary N) is 1. The highest BCUT2D eigenvalue weighted by Gasteiger charge is 2.12. The first kappa shape index (κ1) is 23.9. The van der Waals surface area contributed by atoms with Gasteiger partial charge in [-0.05, 0) is 36.8 Å². The van der Waals surface area contributed by atoms with Crippen molar-refractivity contribution in [1.29, 1.82) is 0 Å². The van der Waals surface area contributed by atoms with Crippen molar-refractivity contribution in [1.82, 2.24) is 9.99 Å². The van der Waals surface area contributed by atoms with Crippen LogP contribution in [0.1, 0.15) is 67.9 Å². The van der Waals surface area contributed by atoms with Gasteiger partial charge in [-0.15, -0.1) is 0 Å². The molecule has 0 saturated carbocycles. The van der Waals surface area contributed by atoms with Gasteiger partial charge in [0.25, 0.3) is 5.91 Å². The molecule has 1 aromatic heterocycles. The van der Waals surface area contributed by atoms with Crippen LogP contribution in [-0.2, 0) is 7.05 Å². The molecule has 1 heterocycles. The first-order chi connectivity index (χ1) is 15.6. The second kappa shape index (κ2) is 12.3. The van der Waals surface area contributed by atoms with Gasteiger partial charge in [-0.25, -0.2) is 5.43 Å². The van der Waals surface area contributed by atoms with Crippen LogP contribution in [0.4, 0.5) is 0 Å². The number of amides is 1. The van der Waals surface area contributed by atoms with Gasteiger partial charge >= 0.3 is 0 Å². The molecule has 0 fully saturated rings. The van der Waals surface area contributed by atoms with Gasteiger partial charge in [-0.1, -0.05) is 75.2 Å². The summed E-state index contributed by atoms with van der Waals surface area (Å²) in [5.41, 5.74) is 4.83. The lowest BCUT2D eigenvalue weighted by molar-refractivity contribution is 0.0947. The molecular weight excluding hydrogens is 422 g/mol. The number of halogens is 1. The van der Waals surface area contributed by atoms with Gasteiger partial charge in [0.2, 0.25) is 0 Å². The Balaban J connectivity index is 1.46. The van der Waals surface area contributed by atoms with E-state index in [1.807, 2.05) is 54.1 Å². The van der Waals surface area contributed by atoms with E-state index < -0.39 is 0 Å². The van der Waals surface area contributed by atoms with Crippen LogP contribution in [0.15, 0.2) is 53.6 Å². The number of benzene rings is 2. The number of nitrogens with zero attached hydrogens (tertiary/aromatic N) is 2. The Hall–Kier alpha value is -2.79. The van der Waals surface area contributed by atoms with E-state index in [1.54, 1.807) is 12.3 Å². The summed E-state index contributed by atoms with van der Waals surface area (Å²) in [5.74, 6) is 0.475. The van der Waals surface area contributed by atoms with E-state index >= 15 is 0 Å². The Morgan fingerprint density at radius 1 is 1.06 bits per heavy atom. The number of para-hydroxylation sites is 1. The van der Waals surface area contributed by atoms with Crippen LogP contribution < -0.4 is 10.2 Å². The molecule has 0 unspecified atom stereocenters. The molecule has 0 aliphatic rings. The molecule has 0 radical (unpaired) electrons. The third-order valence-electron chi connectivity index (χ3n) is 5.54. The van der Waals surface area contributed by atoms with Crippen LogP contribution in [0.3, 0.4) is 0 Å². The van der Waals surface area contributed by atoms with E-state index in [-0.39, 0.29) is 5.91 Å². The zero-order chi connectivity index (χ0) is 22.8. The maximum absolute atomic E-state index is 12.5. The topological polar surface area (TPSA) is 55.6 Å². The normalized spacial score (nSPS) is 11.3. The molecule has 0 aliphatic heterocycles. The third kappa shape index (κ3) is 6.60. The quantitative estimate of drug-likeness (QED) is 0.188. The van der Waals surface area contributed by atoms with Crippen molar-refractivity contribution >= 4 is 34.6 Å². The van der Waals surface area contributed by atoms with E-state index in [2.05, 4.69) is 17.5 Å². The smallest absolute Gasteiger partial charge is 0.287 e. The van der Waals surface area contributed by atoms with Crippen molar-refractivity contribution in [3.8, 4) is 5.75 Å². The number of carbonyl (C=O) groups excluding carboxylic acids is 1. The number of carbonyl (C=O) groups is 1. The van der Waals surface area contributed by atoms with E-state index in [0.717, 1.165) is 23.1 Å². The SMILES string of the molecule is CCCCCCCCCOc1ccc(/C=N/NC(=O)c2cc3ccccc3n2C)c(Cl)c1. The van der Waals surface area contributed by atoms with Crippen molar-refractivity contribution < 1.29 is 9.53 Å². The van der Waals surface area contributed by atoms with E-state index in [1.165, 1.54) is 38.5 Å². The molecule has 1 N–H and O–H groups in total. The van der Waals surface area contributed by atoms with Crippen LogP contribution in [0.25, 0.3) is 10.9 Å². The minimum atomic E-state index is -0.272. The summed E-state index contributed by atoms with van der Waals surface area (Å²) in [4.78, 5) is 12.5. The number of ether oxygens (including phenoxy) is 1.